The third-order valence-electron chi connectivity index (χ3n) is 6.68. The van der Waals surface area contributed by atoms with Gasteiger partial charge in [0.25, 0.3) is 5.91 Å². The zero-order chi connectivity index (χ0) is 23.1. The van der Waals surface area contributed by atoms with E-state index in [1.165, 1.54) is 28.7 Å². The van der Waals surface area contributed by atoms with Crippen molar-refractivity contribution in [2.45, 2.75) is 50.1 Å². The molecule has 1 aliphatic heterocycles. The van der Waals surface area contributed by atoms with Crippen LogP contribution in [0.1, 0.15) is 52.9 Å². The second kappa shape index (κ2) is 8.59. The van der Waals surface area contributed by atoms with Gasteiger partial charge in [0.2, 0.25) is 5.95 Å². The maximum atomic E-state index is 13.5. The van der Waals surface area contributed by atoms with Crippen LogP contribution in [-0.4, -0.2) is 40.1 Å². The molecule has 2 fully saturated rings. The van der Waals surface area contributed by atoms with Gasteiger partial charge < -0.3 is 21.3 Å². The van der Waals surface area contributed by atoms with Crippen LogP contribution in [0.15, 0.2) is 29.8 Å². The van der Waals surface area contributed by atoms with Crippen LogP contribution >= 0.6 is 11.3 Å². The molecule has 0 unspecified atom stereocenters. The summed E-state index contributed by atoms with van der Waals surface area (Å²) >= 11 is 1.39. The van der Waals surface area contributed by atoms with Crippen molar-refractivity contribution in [3.63, 3.8) is 0 Å². The summed E-state index contributed by atoms with van der Waals surface area (Å²) in [4.78, 5) is 26.4. The first kappa shape index (κ1) is 21.4. The molecule has 2 aromatic heterocycles. The number of carbonyl (C=O) groups is 1. The van der Waals surface area contributed by atoms with Crippen LogP contribution < -0.4 is 21.3 Å². The maximum Gasteiger partial charge on any atom is 0.256 e. The third-order valence-corrected chi connectivity index (χ3v) is 7.43. The van der Waals surface area contributed by atoms with Crippen molar-refractivity contribution in [3.8, 4) is 0 Å². The number of hydrogen-bond acceptors (Lipinski definition) is 8. The zero-order valence-electron chi connectivity index (χ0n) is 18.7. The van der Waals surface area contributed by atoms with Gasteiger partial charge in [-0.05, 0) is 61.9 Å². The van der Waals surface area contributed by atoms with Gasteiger partial charge in [-0.2, -0.15) is 4.98 Å². The molecule has 2 saturated carbocycles. The van der Waals surface area contributed by atoms with Gasteiger partial charge in [-0.3, -0.25) is 9.18 Å². The second-order valence-electron chi connectivity index (χ2n) is 9.32. The van der Waals surface area contributed by atoms with Gasteiger partial charge in [-0.25, -0.2) is 9.97 Å². The summed E-state index contributed by atoms with van der Waals surface area (Å²) in [7, 11) is 0. The fourth-order valence-electron chi connectivity index (χ4n) is 4.17. The molecule has 4 N–H and O–H groups in total. The summed E-state index contributed by atoms with van der Waals surface area (Å²) in [6, 6.07) is 6.47. The van der Waals surface area contributed by atoms with E-state index in [9.17, 15) is 9.18 Å². The lowest BCUT2D eigenvalue weighted by Gasteiger charge is -2.18. The van der Waals surface area contributed by atoms with Gasteiger partial charge >= 0.3 is 0 Å². The molecular weight excluding hydrogens is 453 g/mol. The number of alkyl halides is 1. The fraction of sp³-hybridized carbons (Fsp3) is 0.417. The molecule has 176 valence electrons. The predicted octanol–water partition coefficient (Wildman–Crippen LogP) is 3.96. The Labute approximate surface area is 200 Å². The highest BCUT2D eigenvalue weighted by Crippen LogP contribution is 2.49. The standard InChI is InChI=1S/C24H26FN7OS/c25-13-24(6-7-24)19-12-34-23(30-19)32-20-18(21(33)28-16-3-4-16)11-27-22(31-20)29-17-2-1-14-5-8-26-10-15(14)9-17/h1-2,9,11-12,16,26H,3-8,10,13H2,(H,28,33)(H2,27,29,30,31,32). The molecule has 8 nitrogen and oxygen atoms in total. The number of halogens is 1. The number of anilines is 4. The van der Waals surface area contributed by atoms with Gasteiger partial charge in [0.15, 0.2) is 10.9 Å². The van der Waals surface area contributed by atoms with Crippen molar-refractivity contribution in [1.29, 1.82) is 0 Å². The number of hydrogen-bond donors (Lipinski definition) is 4. The highest BCUT2D eigenvalue weighted by Gasteiger charge is 2.46. The number of benzene rings is 1. The Kier molecular flexibility index (Phi) is 5.41. The average Bonchev–Trinajstić information content (AvgIpc) is 3.78. The quantitative estimate of drug-likeness (QED) is 0.388. The highest BCUT2D eigenvalue weighted by molar-refractivity contribution is 7.13. The van der Waals surface area contributed by atoms with E-state index >= 15 is 0 Å². The van der Waals surface area contributed by atoms with Gasteiger partial charge in [0.1, 0.15) is 12.2 Å². The Morgan fingerprint density at radius 2 is 2.09 bits per heavy atom. The van der Waals surface area contributed by atoms with E-state index in [-0.39, 0.29) is 11.9 Å². The van der Waals surface area contributed by atoms with Crippen molar-refractivity contribution in [1.82, 2.24) is 25.6 Å². The van der Waals surface area contributed by atoms with Crippen molar-refractivity contribution in [2.75, 3.05) is 23.9 Å². The fourth-order valence-corrected chi connectivity index (χ4v) is 5.00. The average molecular weight is 480 g/mol. The van der Waals surface area contributed by atoms with E-state index in [0.29, 0.717) is 22.5 Å². The molecule has 34 heavy (non-hydrogen) atoms. The predicted molar refractivity (Wildman–Crippen MR) is 130 cm³/mol. The number of nitrogens with zero attached hydrogens (tertiary/aromatic N) is 3. The van der Waals surface area contributed by atoms with Crippen molar-refractivity contribution in [2.24, 2.45) is 0 Å². The van der Waals surface area contributed by atoms with Gasteiger partial charge in [0, 0.05) is 35.3 Å². The Balaban J connectivity index is 1.27. The summed E-state index contributed by atoms with van der Waals surface area (Å²) in [5, 5.41) is 15.3. The van der Waals surface area contributed by atoms with Gasteiger partial charge in [-0.15, -0.1) is 11.3 Å². The molecule has 1 aromatic carbocycles. The van der Waals surface area contributed by atoms with Crippen LogP contribution in [0.25, 0.3) is 0 Å². The first-order chi connectivity index (χ1) is 16.6. The number of fused-ring (bicyclic) bond motifs is 1. The number of aromatic nitrogens is 3. The van der Waals surface area contributed by atoms with Crippen LogP contribution in [0, 0.1) is 0 Å². The van der Waals surface area contributed by atoms with Crippen LogP contribution in [-0.2, 0) is 18.4 Å². The number of nitrogens with one attached hydrogen (secondary N) is 4. The normalized spacial score (nSPS) is 18.1. The van der Waals surface area contributed by atoms with E-state index < -0.39 is 12.1 Å². The largest absolute Gasteiger partial charge is 0.349 e. The molecule has 0 radical (unpaired) electrons. The van der Waals surface area contributed by atoms with Crippen LogP contribution in [0.3, 0.4) is 0 Å². The number of rotatable bonds is 8. The molecule has 0 spiro atoms. The van der Waals surface area contributed by atoms with Crippen molar-refractivity contribution < 1.29 is 9.18 Å². The number of thiazole rings is 1. The summed E-state index contributed by atoms with van der Waals surface area (Å²) in [6.07, 6.45) is 6.17. The van der Waals surface area contributed by atoms with E-state index in [2.05, 4.69) is 48.4 Å². The number of carbonyl (C=O) groups excluding carboxylic acids is 1. The van der Waals surface area contributed by atoms with E-state index in [4.69, 9.17) is 0 Å². The monoisotopic (exact) mass is 479 g/mol. The molecule has 0 saturated heterocycles. The Hall–Kier alpha value is -3.11. The highest BCUT2D eigenvalue weighted by atomic mass is 32.1. The van der Waals surface area contributed by atoms with Gasteiger partial charge in [0.05, 0.1) is 5.69 Å². The minimum Gasteiger partial charge on any atom is -0.349 e. The SMILES string of the molecule is O=C(NC1CC1)c1cnc(Nc2ccc3c(c2)CNCC3)nc1Nc1nc(C2(CF)CC2)cs1. The molecular formula is C24H26FN7OS. The van der Waals surface area contributed by atoms with E-state index in [0.717, 1.165) is 56.6 Å². The second-order valence-corrected chi connectivity index (χ2v) is 10.2. The van der Waals surface area contributed by atoms with Crippen molar-refractivity contribution in [3.05, 3.63) is 52.2 Å². The van der Waals surface area contributed by atoms with Crippen LogP contribution in [0.4, 0.5) is 27.0 Å². The van der Waals surface area contributed by atoms with E-state index in [1.807, 2.05) is 11.4 Å². The Morgan fingerprint density at radius 1 is 1.21 bits per heavy atom. The van der Waals surface area contributed by atoms with Crippen molar-refractivity contribution >= 4 is 39.8 Å². The Bertz CT molecular complexity index is 1240. The molecule has 1 amide bonds. The summed E-state index contributed by atoms with van der Waals surface area (Å²) in [5.74, 6) is 0.547. The molecule has 3 aromatic rings. The van der Waals surface area contributed by atoms with Crippen LogP contribution in [0.2, 0.25) is 0 Å². The lowest BCUT2D eigenvalue weighted by molar-refractivity contribution is 0.0951. The third kappa shape index (κ3) is 4.35. The molecule has 0 bridgehead atoms. The zero-order valence-corrected chi connectivity index (χ0v) is 19.5. The first-order valence-corrected chi connectivity index (χ1v) is 12.6. The lowest BCUT2D eigenvalue weighted by atomic mass is 10.0. The van der Waals surface area contributed by atoms with Crippen LogP contribution in [0.5, 0.6) is 0 Å². The van der Waals surface area contributed by atoms with E-state index in [1.54, 1.807) is 0 Å². The lowest BCUT2D eigenvalue weighted by Crippen LogP contribution is -2.26. The first-order valence-electron chi connectivity index (χ1n) is 11.7. The molecule has 10 heteroatoms. The summed E-state index contributed by atoms with van der Waals surface area (Å²) < 4.78 is 13.5. The smallest absolute Gasteiger partial charge is 0.256 e. The molecule has 3 aliphatic rings. The topological polar surface area (TPSA) is 104 Å². The summed E-state index contributed by atoms with van der Waals surface area (Å²) in [5.41, 5.74) is 4.19. The molecule has 0 atom stereocenters. The Morgan fingerprint density at radius 3 is 2.88 bits per heavy atom. The molecule has 2 aliphatic carbocycles. The summed E-state index contributed by atoms with van der Waals surface area (Å²) in [6.45, 7) is 1.43. The van der Waals surface area contributed by atoms with Gasteiger partial charge in [-0.1, -0.05) is 6.07 Å². The maximum absolute atomic E-state index is 13.5. The molecule has 6 rings (SSSR count). The minimum absolute atomic E-state index is 0.212. The minimum atomic E-state index is -0.428. The molecule has 3 heterocycles. The number of amides is 1.